The minimum absolute atomic E-state index is 0.0954. The third-order valence-electron chi connectivity index (χ3n) is 4.74. The van der Waals surface area contributed by atoms with Crippen molar-refractivity contribution in [3.8, 4) is 0 Å². The predicted molar refractivity (Wildman–Crippen MR) is 82.5 cm³/mol. The van der Waals surface area contributed by atoms with E-state index in [1.165, 1.54) is 0 Å². The number of rotatable bonds is 5. The largest absolute Gasteiger partial charge is 0.465 e. The fourth-order valence-corrected chi connectivity index (χ4v) is 2.98. The van der Waals surface area contributed by atoms with Gasteiger partial charge in [-0.05, 0) is 44.7 Å². The molecular weight excluding hydrogens is 300 g/mol. The van der Waals surface area contributed by atoms with E-state index in [1.54, 1.807) is 12.0 Å². The summed E-state index contributed by atoms with van der Waals surface area (Å²) in [6.45, 7) is 5.20. The summed E-state index contributed by atoms with van der Waals surface area (Å²) in [6.07, 6.45) is 2.77. The number of carbonyl (C=O) groups is 1. The average Bonchev–Trinajstić information content (AvgIpc) is 3.21. The standard InChI is InChI=1S/C15H24N4O4/c1-15(2,22-3)12-16-13(17-23-12)18-8-6-11(7-9-18)19(14(20)21)10-4-5-10/h10-11H,4-9H2,1-3H3,(H,20,21). The third-order valence-corrected chi connectivity index (χ3v) is 4.74. The van der Waals surface area contributed by atoms with Crippen LogP contribution in [-0.4, -0.2) is 58.5 Å². The highest BCUT2D eigenvalue weighted by atomic mass is 16.5. The van der Waals surface area contributed by atoms with Crippen molar-refractivity contribution in [3.05, 3.63) is 5.89 Å². The van der Waals surface area contributed by atoms with Crippen LogP contribution in [0.3, 0.4) is 0 Å². The van der Waals surface area contributed by atoms with Crippen LogP contribution >= 0.6 is 0 Å². The van der Waals surface area contributed by atoms with Gasteiger partial charge in [-0.1, -0.05) is 0 Å². The van der Waals surface area contributed by atoms with Gasteiger partial charge in [-0.2, -0.15) is 4.98 Å². The second-order valence-electron chi connectivity index (χ2n) is 6.75. The molecule has 1 aliphatic carbocycles. The van der Waals surface area contributed by atoms with Gasteiger partial charge < -0.3 is 24.2 Å². The molecule has 8 heteroatoms. The lowest BCUT2D eigenvalue weighted by Gasteiger charge is -2.36. The van der Waals surface area contributed by atoms with Crippen LogP contribution in [0.15, 0.2) is 4.52 Å². The van der Waals surface area contributed by atoms with Crippen molar-refractivity contribution in [1.82, 2.24) is 15.0 Å². The predicted octanol–water partition coefficient (Wildman–Crippen LogP) is 2.06. The van der Waals surface area contributed by atoms with Crippen LogP contribution in [0.5, 0.6) is 0 Å². The molecule has 0 radical (unpaired) electrons. The number of amides is 1. The van der Waals surface area contributed by atoms with E-state index in [1.807, 2.05) is 18.7 Å². The van der Waals surface area contributed by atoms with Crippen molar-refractivity contribution < 1.29 is 19.2 Å². The molecule has 0 unspecified atom stereocenters. The van der Waals surface area contributed by atoms with Gasteiger partial charge in [0.2, 0.25) is 0 Å². The van der Waals surface area contributed by atoms with E-state index in [0.717, 1.165) is 38.8 Å². The van der Waals surface area contributed by atoms with Gasteiger partial charge in [0.05, 0.1) is 0 Å². The molecule has 2 aliphatic rings. The van der Waals surface area contributed by atoms with Crippen molar-refractivity contribution in [1.29, 1.82) is 0 Å². The van der Waals surface area contributed by atoms with Gasteiger partial charge in [-0.15, -0.1) is 0 Å². The normalized spacial score (nSPS) is 19.9. The van der Waals surface area contributed by atoms with E-state index in [-0.39, 0.29) is 12.1 Å². The van der Waals surface area contributed by atoms with Crippen LogP contribution in [0.25, 0.3) is 0 Å². The minimum Gasteiger partial charge on any atom is -0.465 e. The molecule has 0 bridgehead atoms. The average molecular weight is 324 g/mol. The lowest BCUT2D eigenvalue weighted by Crippen LogP contribution is -2.48. The van der Waals surface area contributed by atoms with Gasteiger partial charge in [0.1, 0.15) is 5.60 Å². The summed E-state index contributed by atoms with van der Waals surface area (Å²) in [6, 6.07) is 0.321. The third kappa shape index (κ3) is 3.26. The van der Waals surface area contributed by atoms with E-state index in [4.69, 9.17) is 9.26 Å². The number of aromatic nitrogens is 2. The number of ether oxygens (including phenoxy) is 1. The summed E-state index contributed by atoms with van der Waals surface area (Å²) < 4.78 is 10.6. The van der Waals surface area contributed by atoms with Gasteiger partial charge in [0, 0.05) is 32.3 Å². The smallest absolute Gasteiger partial charge is 0.407 e. The molecule has 1 aromatic rings. The number of carboxylic acid groups (broad SMARTS) is 1. The second-order valence-corrected chi connectivity index (χ2v) is 6.75. The number of anilines is 1. The SMILES string of the molecule is COC(C)(C)c1nc(N2CCC(N(C(=O)O)C3CC3)CC2)no1. The van der Waals surface area contributed by atoms with Crippen LogP contribution in [0.2, 0.25) is 0 Å². The van der Waals surface area contributed by atoms with Crippen molar-refractivity contribution >= 4 is 12.0 Å². The Morgan fingerprint density at radius 2 is 1.91 bits per heavy atom. The molecule has 1 amide bonds. The first-order valence-corrected chi connectivity index (χ1v) is 8.08. The van der Waals surface area contributed by atoms with Crippen molar-refractivity contribution in [3.63, 3.8) is 0 Å². The highest BCUT2D eigenvalue weighted by molar-refractivity contribution is 5.66. The number of methoxy groups -OCH3 is 1. The topological polar surface area (TPSA) is 91.9 Å². The second kappa shape index (κ2) is 5.99. The van der Waals surface area contributed by atoms with Crippen molar-refractivity contribution in [2.24, 2.45) is 0 Å². The van der Waals surface area contributed by atoms with Crippen LogP contribution in [0.1, 0.15) is 45.4 Å². The number of hydrogen-bond acceptors (Lipinski definition) is 6. The Morgan fingerprint density at radius 3 is 2.43 bits per heavy atom. The fourth-order valence-electron chi connectivity index (χ4n) is 2.98. The van der Waals surface area contributed by atoms with Crippen LogP contribution < -0.4 is 4.90 Å². The lowest BCUT2D eigenvalue weighted by atomic mass is 10.0. The molecule has 1 N–H and O–H groups in total. The Morgan fingerprint density at radius 1 is 1.30 bits per heavy atom. The van der Waals surface area contributed by atoms with Crippen LogP contribution in [0, 0.1) is 0 Å². The number of hydrogen-bond donors (Lipinski definition) is 1. The highest BCUT2D eigenvalue weighted by Gasteiger charge is 2.39. The first kappa shape index (κ1) is 16.0. The van der Waals surface area contributed by atoms with E-state index in [0.29, 0.717) is 11.8 Å². The maximum atomic E-state index is 11.4. The number of piperidine rings is 1. The first-order valence-electron chi connectivity index (χ1n) is 8.08. The molecule has 2 fully saturated rings. The molecule has 128 valence electrons. The fraction of sp³-hybridized carbons (Fsp3) is 0.800. The quantitative estimate of drug-likeness (QED) is 0.886. The van der Waals surface area contributed by atoms with Crippen LogP contribution in [0.4, 0.5) is 10.7 Å². The maximum absolute atomic E-state index is 11.4. The molecule has 1 aromatic heterocycles. The molecular formula is C15H24N4O4. The molecule has 0 spiro atoms. The van der Waals surface area contributed by atoms with Crippen LogP contribution in [-0.2, 0) is 10.3 Å². The molecule has 2 heterocycles. The molecule has 1 saturated heterocycles. The lowest BCUT2D eigenvalue weighted by molar-refractivity contribution is -0.00787. The monoisotopic (exact) mass is 324 g/mol. The maximum Gasteiger partial charge on any atom is 0.407 e. The van der Waals surface area contributed by atoms with Gasteiger partial charge >= 0.3 is 6.09 Å². The molecule has 1 aliphatic heterocycles. The Hall–Kier alpha value is -1.83. The summed E-state index contributed by atoms with van der Waals surface area (Å²) in [5.41, 5.74) is -0.615. The summed E-state index contributed by atoms with van der Waals surface area (Å²) >= 11 is 0. The summed E-state index contributed by atoms with van der Waals surface area (Å²) in [5.74, 6) is 0.999. The molecule has 8 nitrogen and oxygen atoms in total. The molecule has 0 atom stereocenters. The molecule has 0 aromatic carbocycles. The first-order chi connectivity index (χ1) is 10.9. The molecule has 23 heavy (non-hydrogen) atoms. The Kier molecular flexibility index (Phi) is 4.18. The van der Waals surface area contributed by atoms with Gasteiger partial charge in [-0.25, -0.2) is 4.79 Å². The Bertz CT molecular complexity index is 562. The summed E-state index contributed by atoms with van der Waals surface area (Å²) in [4.78, 5) is 19.5. The van der Waals surface area contributed by atoms with E-state index in [9.17, 15) is 9.90 Å². The molecule has 3 rings (SSSR count). The zero-order valence-electron chi connectivity index (χ0n) is 13.9. The Balaban J connectivity index is 1.62. The Labute approximate surface area is 135 Å². The summed E-state index contributed by atoms with van der Waals surface area (Å²) in [7, 11) is 1.60. The minimum atomic E-state index is -0.797. The van der Waals surface area contributed by atoms with Crippen molar-refractivity contribution in [2.75, 3.05) is 25.1 Å². The molecule has 1 saturated carbocycles. The van der Waals surface area contributed by atoms with E-state index < -0.39 is 11.7 Å². The zero-order chi connectivity index (χ0) is 16.6. The summed E-state index contributed by atoms with van der Waals surface area (Å²) in [5, 5.41) is 13.4. The van der Waals surface area contributed by atoms with Gasteiger partial charge in [0.25, 0.3) is 11.8 Å². The highest BCUT2D eigenvalue weighted by Crippen LogP contribution is 2.32. The van der Waals surface area contributed by atoms with E-state index >= 15 is 0 Å². The van der Waals surface area contributed by atoms with E-state index in [2.05, 4.69) is 10.1 Å². The van der Waals surface area contributed by atoms with Gasteiger partial charge in [0.15, 0.2) is 0 Å². The van der Waals surface area contributed by atoms with Crippen molar-refractivity contribution in [2.45, 2.75) is 57.2 Å². The number of nitrogens with zero attached hydrogens (tertiary/aromatic N) is 4. The van der Waals surface area contributed by atoms with Gasteiger partial charge in [-0.3, -0.25) is 0 Å². The zero-order valence-corrected chi connectivity index (χ0v) is 13.9.